The number of esters is 1. The van der Waals surface area contributed by atoms with Crippen LogP contribution in [0.1, 0.15) is 39.9 Å². The Kier molecular flexibility index (Phi) is 6.98. The van der Waals surface area contributed by atoms with Gasteiger partial charge in [0.05, 0.1) is 16.2 Å². The predicted molar refractivity (Wildman–Crippen MR) is 120 cm³/mol. The fourth-order valence-corrected chi connectivity index (χ4v) is 5.62. The van der Waals surface area contributed by atoms with Gasteiger partial charge in [-0.2, -0.15) is 0 Å². The maximum atomic E-state index is 12.9. The lowest BCUT2D eigenvalue weighted by atomic mass is 9.95. The molecule has 2 heterocycles. The molecule has 0 amide bonds. The first-order valence-corrected chi connectivity index (χ1v) is 12.2. The number of hydrogen-bond acceptors (Lipinski definition) is 7. The number of carbonyl (C=O) groups excluding carboxylic acids is 1. The van der Waals surface area contributed by atoms with Crippen molar-refractivity contribution >= 4 is 27.3 Å². The molecule has 3 rings (SSSR count). The van der Waals surface area contributed by atoms with Crippen LogP contribution in [-0.4, -0.2) is 25.9 Å². The number of aromatic nitrogens is 1. The minimum absolute atomic E-state index is 0.0327. The summed E-state index contributed by atoms with van der Waals surface area (Å²) in [6.45, 7) is 9.35. The van der Waals surface area contributed by atoms with E-state index in [9.17, 15) is 13.2 Å². The Balaban J connectivity index is 1.56. The van der Waals surface area contributed by atoms with Crippen LogP contribution in [0.15, 0.2) is 33.1 Å². The van der Waals surface area contributed by atoms with Crippen molar-refractivity contribution in [3.8, 4) is 10.8 Å². The van der Waals surface area contributed by atoms with E-state index in [1.807, 2.05) is 38.3 Å². The third kappa shape index (κ3) is 5.06. The van der Waals surface area contributed by atoms with E-state index in [0.717, 1.165) is 32.7 Å². The van der Waals surface area contributed by atoms with Gasteiger partial charge in [-0.1, -0.05) is 6.07 Å². The summed E-state index contributed by atoms with van der Waals surface area (Å²) < 4.78 is 38.9. The lowest BCUT2D eigenvalue weighted by Crippen LogP contribution is -2.28. The zero-order valence-corrected chi connectivity index (χ0v) is 19.9. The van der Waals surface area contributed by atoms with Crippen LogP contribution in [0.25, 0.3) is 10.8 Å². The molecule has 0 aliphatic heterocycles. The first-order chi connectivity index (χ1) is 14.6. The summed E-state index contributed by atoms with van der Waals surface area (Å²) >= 11 is 1.50. The summed E-state index contributed by atoms with van der Waals surface area (Å²) in [6.07, 6.45) is 1.36. The molecular formula is C22H26N2O5S2. The molecule has 9 heteroatoms. The molecule has 0 atom stereocenters. The van der Waals surface area contributed by atoms with Crippen LogP contribution < -0.4 is 4.72 Å². The van der Waals surface area contributed by atoms with Gasteiger partial charge in [0.2, 0.25) is 15.9 Å². The van der Waals surface area contributed by atoms with Crippen LogP contribution >= 0.6 is 11.3 Å². The van der Waals surface area contributed by atoms with E-state index < -0.39 is 16.0 Å². The molecule has 0 aliphatic rings. The average molecular weight is 463 g/mol. The minimum atomic E-state index is -3.75. The predicted octanol–water partition coefficient (Wildman–Crippen LogP) is 4.36. The van der Waals surface area contributed by atoms with E-state index >= 15 is 0 Å². The highest BCUT2D eigenvalue weighted by atomic mass is 32.2. The molecule has 3 aromatic rings. The van der Waals surface area contributed by atoms with Gasteiger partial charge in [0, 0.05) is 6.54 Å². The molecule has 0 saturated heterocycles. The first-order valence-electron chi connectivity index (χ1n) is 9.82. The van der Waals surface area contributed by atoms with Crippen LogP contribution in [0, 0.1) is 34.6 Å². The first kappa shape index (κ1) is 23.2. The number of nitrogens with one attached hydrogen (secondary N) is 1. The SMILES string of the molecule is Cc1c(C)c(C)c(S(=O)(=O)NCCC(=O)OCc2coc(-c3cccs3)n2)c(C)c1C. The third-order valence-electron chi connectivity index (χ3n) is 5.49. The van der Waals surface area contributed by atoms with Crippen LogP contribution in [0.3, 0.4) is 0 Å². The second-order valence-electron chi connectivity index (χ2n) is 7.38. The largest absolute Gasteiger partial charge is 0.459 e. The Morgan fingerprint density at radius 3 is 2.35 bits per heavy atom. The molecule has 7 nitrogen and oxygen atoms in total. The van der Waals surface area contributed by atoms with Gasteiger partial charge < -0.3 is 9.15 Å². The number of benzene rings is 1. The molecular weight excluding hydrogens is 436 g/mol. The van der Waals surface area contributed by atoms with Gasteiger partial charge in [-0.05, 0) is 73.9 Å². The van der Waals surface area contributed by atoms with Crippen molar-refractivity contribution < 1.29 is 22.4 Å². The van der Waals surface area contributed by atoms with Crippen molar-refractivity contribution in [1.82, 2.24) is 9.71 Å². The summed E-state index contributed by atoms with van der Waals surface area (Å²) in [5.41, 5.74) is 4.95. The highest BCUT2D eigenvalue weighted by molar-refractivity contribution is 7.89. The van der Waals surface area contributed by atoms with Crippen molar-refractivity contribution in [3.63, 3.8) is 0 Å². The van der Waals surface area contributed by atoms with E-state index in [4.69, 9.17) is 9.15 Å². The molecule has 1 N–H and O–H groups in total. The third-order valence-corrected chi connectivity index (χ3v) is 8.08. The standard InChI is InChI=1S/C22H26N2O5S2/c1-13-14(2)16(4)21(17(5)15(13)3)31(26,27)23-9-8-20(25)28-11-18-12-29-22(24-18)19-7-6-10-30-19/h6-7,10,12,23H,8-9,11H2,1-5H3. The maximum absolute atomic E-state index is 12.9. The Bertz CT molecular complexity index is 1170. The Morgan fingerprint density at radius 1 is 1.10 bits per heavy atom. The lowest BCUT2D eigenvalue weighted by molar-refractivity contribution is -0.144. The van der Waals surface area contributed by atoms with Gasteiger partial charge in [0.1, 0.15) is 18.6 Å². The molecule has 2 aromatic heterocycles. The number of thiophene rings is 1. The zero-order chi connectivity index (χ0) is 22.8. The number of nitrogens with zero attached hydrogens (tertiary/aromatic N) is 1. The smallest absolute Gasteiger partial charge is 0.307 e. The molecule has 0 saturated carbocycles. The summed E-state index contributed by atoms with van der Waals surface area (Å²) in [7, 11) is -3.75. The van der Waals surface area contributed by atoms with E-state index in [1.54, 1.807) is 13.8 Å². The average Bonchev–Trinajstić information content (AvgIpc) is 3.40. The Hall–Kier alpha value is -2.49. The second kappa shape index (κ2) is 9.33. The number of oxazole rings is 1. The van der Waals surface area contributed by atoms with Crippen LogP contribution in [0.2, 0.25) is 0 Å². The highest BCUT2D eigenvalue weighted by Crippen LogP contribution is 2.29. The van der Waals surface area contributed by atoms with Crippen molar-refractivity contribution in [2.45, 2.75) is 52.5 Å². The van der Waals surface area contributed by atoms with E-state index in [-0.39, 0.29) is 24.5 Å². The molecule has 0 radical (unpaired) electrons. The van der Waals surface area contributed by atoms with Gasteiger partial charge >= 0.3 is 5.97 Å². The van der Waals surface area contributed by atoms with Crippen molar-refractivity contribution in [1.29, 1.82) is 0 Å². The van der Waals surface area contributed by atoms with Crippen molar-refractivity contribution in [2.75, 3.05) is 6.54 Å². The van der Waals surface area contributed by atoms with Crippen molar-refractivity contribution in [2.24, 2.45) is 0 Å². The number of sulfonamides is 1. The fourth-order valence-electron chi connectivity index (χ4n) is 3.34. The van der Waals surface area contributed by atoms with E-state index in [0.29, 0.717) is 11.6 Å². The van der Waals surface area contributed by atoms with Gasteiger partial charge in [-0.25, -0.2) is 18.1 Å². The molecule has 0 aliphatic carbocycles. The second-order valence-corrected chi connectivity index (χ2v) is 10.0. The highest BCUT2D eigenvalue weighted by Gasteiger charge is 2.23. The number of hydrogen-bond donors (Lipinski definition) is 1. The summed E-state index contributed by atoms with van der Waals surface area (Å²) in [6, 6.07) is 3.78. The van der Waals surface area contributed by atoms with Crippen molar-refractivity contribution in [3.05, 3.63) is 57.3 Å². The molecule has 166 valence electrons. The Labute approximate surface area is 186 Å². The maximum Gasteiger partial charge on any atom is 0.307 e. The van der Waals surface area contributed by atoms with E-state index in [2.05, 4.69) is 9.71 Å². The topological polar surface area (TPSA) is 98.5 Å². The van der Waals surface area contributed by atoms with E-state index in [1.165, 1.54) is 17.6 Å². The molecule has 1 aromatic carbocycles. The number of carbonyl (C=O) groups is 1. The summed E-state index contributed by atoms with van der Waals surface area (Å²) in [5.74, 6) is -0.0451. The van der Waals surface area contributed by atoms with Gasteiger partial charge in [0.25, 0.3) is 0 Å². The van der Waals surface area contributed by atoms with Crippen LogP contribution in [-0.2, 0) is 26.2 Å². The molecule has 0 fully saturated rings. The fraction of sp³-hybridized carbons (Fsp3) is 0.364. The van der Waals surface area contributed by atoms with Gasteiger partial charge in [-0.15, -0.1) is 11.3 Å². The van der Waals surface area contributed by atoms with Gasteiger partial charge in [-0.3, -0.25) is 4.79 Å². The summed E-state index contributed by atoms with van der Waals surface area (Å²) in [4.78, 5) is 17.5. The molecule has 0 unspecified atom stereocenters. The minimum Gasteiger partial charge on any atom is -0.459 e. The zero-order valence-electron chi connectivity index (χ0n) is 18.2. The summed E-state index contributed by atoms with van der Waals surface area (Å²) in [5, 5.41) is 1.92. The molecule has 0 bridgehead atoms. The Morgan fingerprint density at radius 2 is 1.74 bits per heavy atom. The normalized spacial score (nSPS) is 11.6. The molecule has 0 spiro atoms. The van der Waals surface area contributed by atoms with Crippen LogP contribution in [0.4, 0.5) is 0 Å². The van der Waals surface area contributed by atoms with Crippen LogP contribution in [0.5, 0.6) is 0 Å². The van der Waals surface area contributed by atoms with Gasteiger partial charge in [0.15, 0.2) is 0 Å². The molecule has 31 heavy (non-hydrogen) atoms. The lowest BCUT2D eigenvalue weighted by Gasteiger charge is -2.19. The quantitative estimate of drug-likeness (QED) is 0.500. The monoisotopic (exact) mass is 462 g/mol. The number of rotatable bonds is 8. The number of ether oxygens (including phenoxy) is 1.